The fourth-order valence-electron chi connectivity index (χ4n) is 3.47. The second-order valence-corrected chi connectivity index (χ2v) is 7.61. The molecule has 0 unspecified atom stereocenters. The summed E-state index contributed by atoms with van der Waals surface area (Å²) >= 11 is 0. The number of phenols is 1. The molecule has 0 aliphatic heterocycles. The fraction of sp³-hybridized carbons (Fsp3) is 0.120. The van der Waals surface area contributed by atoms with E-state index in [0.29, 0.717) is 28.1 Å². The SMILES string of the molecule is Cc1cc(/N=N/c2cc3ccccc3cc2[C@@H](O)Oc2ccc([N+](=O)[O-])cc2)cc(C)c1O. The summed E-state index contributed by atoms with van der Waals surface area (Å²) in [6.07, 6.45) is -1.38. The lowest BCUT2D eigenvalue weighted by molar-refractivity contribution is -0.384. The summed E-state index contributed by atoms with van der Waals surface area (Å²) in [5.41, 5.74) is 2.66. The predicted molar refractivity (Wildman–Crippen MR) is 124 cm³/mol. The Labute approximate surface area is 189 Å². The van der Waals surface area contributed by atoms with Crippen molar-refractivity contribution in [3.63, 3.8) is 0 Å². The minimum absolute atomic E-state index is 0.0727. The van der Waals surface area contributed by atoms with Crippen LogP contribution in [0.15, 0.2) is 83.0 Å². The van der Waals surface area contributed by atoms with Gasteiger partial charge in [0.15, 0.2) is 0 Å². The van der Waals surface area contributed by atoms with Crippen molar-refractivity contribution in [1.82, 2.24) is 0 Å². The van der Waals surface area contributed by atoms with E-state index in [9.17, 15) is 20.3 Å². The Morgan fingerprint density at radius 1 is 0.909 bits per heavy atom. The van der Waals surface area contributed by atoms with Gasteiger partial charge in [-0.25, -0.2) is 0 Å². The zero-order chi connectivity index (χ0) is 23.5. The first-order valence-electron chi connectivity index (χ1n) is 10.2. The molecule has 0 bridgehead atoms. The normalized spacial score (nSPS) is 12.2. The number of nitrogens with zero attached hydrogens (tertiary/aromatic N) is 3. The first-order chi connectivity index (χ1) is 15.8. The number of phenolic OH excluding ortho intramolecular Hbond substituents is 1. The molecule has 0 saturated carbocycles. The van der Waals surface area contributed by atoms with Crippen molar-refractivity contribution in [3.05, 3.63) is 99.6 Å². The molecule has 0 radical (unpaired) electrons. The molecule has 166 valence electrons. The Kier molecular flexibility index (Phi) is 6.01. The van der Waals surface area contributed by atoms with Gasteiger partial charge in [0.05, 0.1) is 16.3 Å². The van der Waals surface area contributed by atoms with Gasteiger partial charge in [0.25, 0.3) is 5.69 Å². The third-order valence-electron chi connectivity index (χ3n) is 5.21. The van der Waals surface area contributed by atoms with Crippen LogP contribution in [0.1, 0.15) is 23.0 Å². The molecule has 0 fully saturated rings. The highest BCUT2D eigenvalue weighted by atomic mass is 16.6. The van der Waals surface area contributed by atoms with Crippen molar-refractivity contribution in [2.24, 2.45) is 10.2 Å². The van der Waals surface area contributed by atoms with Crippen molar-refractivity contribution in [1.29, 1.82) is 0 Å². The Morgan fingerprint density at radius 2 is 1.52 bits per heavy atom. The van der Waals surface area contributed by atoms with Crippen LogP contribution in [0.3, 0.4) is 0 Å². The number of rotatable bonds is 6. The van der Waals surface area contributed by atoms with E-state index in [2.05, 4.69) is 10.2 Å². The molecule has 0 saturated heterocycles. The number of nitro groups is 1. The van der Waals surface area contributed by atoms with Gasteiger partial charge in [-0.3, -0.25) is 10.1 Å². The van der Waals surface area contributed by atoms with E-state index in [1.165, 1.54) is 24.3 Å². The Balaban J connectivity index is 1.70. The lowest BCUT2D eigenvalue weighted by atomic mass is 10.0. The molecular weight excluding hydrogens is 422 g/mol. The number of hydrogen-bond acceptors (Lipinski definition) is 7. The van der Waals surface area contributed by atoms with Gasteiger partial charge in [-0.05, 0) is 72.1 Å². The topological polar surface area (TPSA) is 118 Å². The number of fused-ring (bicyclic) bond motifs is 1. The van der Waals surface area contributed by atoms with Crippen LogP contribution < -0.4 is 4.74 Å². The van der Waals surface area contributed by atoms with E-state index in [4.69, 9.17) is 4.74 Å². The quantitative estimate of drug-likeness (QED) is 0.151. The number of non-ortho nitro benzene ring substituents is 1. The van der Waals surface area contributed by atoms with Crippen LogP contribution in [0.4, 0.5) is 17.1 Å². The number of aliphatic hydroxyl groups is 1. The van der Waals surface area contributed by atoms with E-state index in [1.807, 2.05) is 24.3 Å². The number of hydrogen-bond donors (Lipinski definition) is 2. The van der Waals surface area contributed by atoms with Gasteiger partial charge in [-0.1, -0.05) is 24.3 Å². The monoisotopic (exact) mass is 443 g/mol. The molecule has 4 rings (SSSR count). The first-order valence-corrected chi connectivity index (χ1v) is 10.2. The number of aryl methyl sites for hydroxylation is 2. The van der Waals surface area contributed by atoms with Crippen LogP contribution in [-0.2, 0) is 0 Å². The van der Waals surface area contributed by atoms with Crippen molar-refractivity contribution < 1.29 is 19.9 Å². The first kappa shape index (κ1) is 21.9. The average molecular weight is 443 g/mol. The predicted octanol–water partition coefficient (Wildman–Crippen LogP) is 6.56. The summed E-state index contributed by atoms with van der Waals surface area (Å²) in [6.45, 7) is 3.56. The van der Waals surface area contributed by atoms with Gasteiger partial charge in [0.1, 0.15) is 11.5 Å². The maximum atomic E-state index is 10.9. The van der Waals surface area contributed by atoms with Crippen LogP contribution in [0, 0.1) is 24.0 Å². The Morgan fingerprint density at radius 3 is 2.12 bits per heavy atom. The molecule has 0 aromatic heterocycles. The highest BCUT2D eigenvalue weighted by molar-refractivity contribution is 5.86. The van der Waals surface area contributed by atoms with Gasteiger partial charge >= 0.3 is 0 Å². The lowest BCUT2D eigenvalue weighted by Gasteiger charge is -2.16. The summed E-state index contributed by atoms with van der Waals surface area (Å²) in [5, 5.41) is 42.1. The van der Waals surface area contributed by atoms with Gasteiger partial charge in [0, 0.05) is 17.7 Å². The fourth-order valence-corrected chi connectivity index (χ4v) is 3.47. The number of nitro benzene ring substituents is 1. The second kappa shape index (κ2) is 9.05. The molecule has 4 aromatic carbocycles. The molecular formula is C25H21N3O5. The molecule has 33 heavy (non-hydrogen) atoms. The summed E-state index contributed by atoms with van der Waals surface area (Å²) in [5.74, 6) is 0.487. The van der Waals surface area contributed by atoms with Gasteiger partial charge in [-0.2, -0.15) is 10.2 Å². The third kappa shape index (κ3) is 4.81. The molecule has 8 heteroatoms. The summed E-state index contributed by atoms with van der Waals surface area (Å²) in [7, 11) is 0. The number of aliphatic hydroxyl groups excluding tert-OH is 1. The maximum Gasteiger partial charge on any atom is 0.269 e. The van der Waals surface area contributed by atoms with Gasteiger partial charge in [-0.15, -0.1) is 0 Å². The Hall–Kier alpha value is -4.30. The van der Waals surface area contributed by atoms with Crippen molar-refractivity contribution in [2.75, 3.05) is 0 Å². The lowest BCUT2D eigenvalue weighted by Crippen LogP contribution is -2.07. The van der Waals surface area contributed by atoms with Crippen LogP contribution in [-0.4, -0.2) is 15.1 Å². The number of benzene rings is 4. The molecule has 1 atom stereocenters. The summed E-state index contributed by atoms with van der Waals surface area (Å²) < 4.78 is 5.63. The number of aromatic hydroxyl groups is 1. The average Bonchev–Trinajstić information content (AvgIpc) is 2.80. The Bertz CT molecular complexity index is 1340. The highest BCUT2D eigenvalue weighted by Crippen LogP contribution is 2.35. The third-order valence-corrected chi connectivity index (χ3v) is 5.21. The standard InChI is InChI=1S/C25H21N3O5/c1-15-11-19(12-16(2)24(15)29)26-27-23-14-18-6-4-3-5-17(18)13-22(23)25(30)33-21-9-7-20(8-10-21)28(31)32/h3-14,25,29-30H,1-2H3/b27-26+/t25-/m0/s1. The van der Waals surface area contributed by atoms with Crippen LogP contribution in [0.2, 0.25) is 0 Å². The van der Waals surface area contributed by atoms with E-state index in [0.717, 1.165) is 10.8 Å². The van der Waals surface area contributed by atoms with Crippen LogP contribution in [0.5, 0.6) is 11.5 Å². The smallest absolute Gasteiger partial charge is 0.269 e. The molecule has 0 heterocycles. The maximum absolute atomic E-state index is 10.9. The summed E-state index contributed by atoms with van der Waals surface area (Å²) in [6, 6.07) is 20.1. The molecule has 0 aliphatic rings. The van der Waals surface area contributed by atoms with E-state index < -0.39 is 11.2 Å². The molecule has 8 nitrogen and oxygen atoms in total. The van der Waals surface area contributed by atoms with E-state index in [1.54, 1.807) is 38.1 Å². The van der Waals surface area contributed by atoms with Crippen molar-refractivity contribution in [3.8, 4) is 11.5 Å². The number of ether oxygens (including phenoxy) is 1. The minimum Gasteiger partial charge on any atom is -0.507 e. The van der Waals surface area contributed by atoms with Gasteiger partial charge in [0.2, 0.25) is 6.29 Å². The minimum atomic E-state index is -1.38. The van der Waals surface area contributed by atoms with Crippen molar-refractivity contribution >= 4 is 27.8 Å². The zero-order valence-electron chi connectivity index (χ0n) is 18.0. The van der Waals surface area contributed by atoms with Gasteiger partial charge < -0.3 is 14.9 Å². The van der Waals surface area contributed by atoms with E-state index in [-0.39, 0.29) is 17.2 Å². The highest BCUT2D eigenvalue weighted by Gasteiger charge is 2.17. The molecule has 0 spiro atoms. The number of azo groups is 1. The molecule has 0 aliphatic carbocycles. The molecule has 2 N–H and O–H groups in total. The van der Waals surface area contributed by atoms with Crippen LogP contribution >= 0.6 is 0 Å². The van der Waals surface area contributed by atoms with Crippen molar-refractivity contribution in [2.45, 2.75) is 20.1 Å². The molecule has 4 aromatic rings. The van der Waals surface area contributed by atoms with E-state index >= 15 is 0 Å². The molecule has 0 amide bonds. The zero-order valence-corrected chi connectivity index (χ0v) is 18.0. The largest absolute Gasteiger partial charge is 0.507 e. The summed E-state index contributed by atoms with van der Waals surface area (Å²) in [4.78, 5) is 10.3. The second-order valence-electron chi connectivity index (χ2n) is 7.61. The van der Waals surface area contributed by atoms with Crippen LogP contribution in [0.25, 0.3) is 10.8 Å².